The molecule has 0 aromatic heterocycles. The van der Waals surface area contributed by atoms with Crippen LogP contribution in [0.25, 0.3) is 0 Å². The molecule has 0 aliphatic rings. The van der Waals surface area contributed by atoms with Crippen LogP contribution < -0.4 is 16.0 Å². The van der Waals surface area contributed by atoms with E-state index in [9.17, 15) is 9.59 Å². The molecule has 0 fully saturated rings. The molecule has 114 valence electrons. The topological polar surface area (TPSA) is 75.4 Å². The van der Waals surface area contributed by atoms with Gasteiger partial charge in [0.1, 0.15) is 0 Å². The minimum atomic E-state index is -0.564. The third-order valence-electron chi connectivity index (χ3n) is 3.30. The number of carbonyl (C=O) groups is 2. The zero-order valence-electron chi connectivity index (χ0n) is 12.5. The van der Waals surface area contributed by atoms with Crippen molar-refractivity contribution in [1.29, 1.82) is 0 Å². The van der Waals surface area contributed by atoms with Gasteiger partial charge in [-0.25, -0.2) is 0 Å². The number of rotatable bonds is 6. The van der Waals surface area contributed by atoms with E-state index in [0.717, 1.165) is 5.69 Å². The number of primary amides is 1. The van der Waals surface area contributed by atoms with Crippen LogP contribution in [0.3, 0.4) is 0 Å². The second-order valence-electron chi connectivity index (χ2n) is 4.81. The van der Waals surface area contributed by atoms with Crippen LogP contribution >= 0.6 is 0 Å². The summed E-state index contributed by atoms with van der Waals surface area (Å²) < 4.78 is 0. The second kappa shape index (κ2) is 7.26. The van der Waals surface area contributed by atoms with E-state index in [4.69, 9.17) is 5.73 Å². The summed E-state index contributed by atoms with van der Waals surface area (Å²) in [5, 5.41) is 2.74. The first kappa shape index (κ1) is 15.6. The van der Waals surface area contributed by atoms with Crippen LogP contribution in [-0.2, 0) is 4.79 Å². The molecule has 0 heterocycles. The van der Waals surface area contributed by atoms with Crippen molar-refractivity contribution in [2.45, 2.75) is 6.92 Å². The van der Waals surface area contributed by atoms with Gasteiger partial charge in [0.25, 0.3) is 5.91 Å². The minimum Gasteiger partial charge on any atom is -0.366 e. The standard InChI is InChI=1S/C17H19N3O2/c1-2-20(13-8-4-3-5-9-13)12-16(21)19-15-11-7-6-10-14(15)17(18)22/h3-11H,2,12H2,1H3,(H2,18,22)(H,19,21). The predicted molar refractivity (Wildman–Crippen MR) is 87.9 cm³/mol. The molecule has 5 heteroatoms. The number of anilines is 2. The first-order valence-electron chi connectivity index (χ1n) is 7.10. The van der Waals surface area contributed by atoms with Crippen LogP contribution in [0.1, 0.15) is 17.3 Å². The Morgan fingerprint density at radius 1 is 1.05 bits per heavy atom. The first-order valence-corrected chi connectivity index (χ1v) is 7.10. The molecular weight excluding hydrogens is 278 g/mol. The Morgan fingerprint density at radius 2 is 1.68 bits per heavy atom. The van der Waals surface area contributed by atoms with Gasteiger partial charge in [-0.1, -0.05) is 30.3 Å². The number of nitrogens with one attached hydrogen (secondary N) is 1. The lowest BCUT2D eigenvalue weighted by Gasteiger charge is -2.22. The fourth-order valence-electron chi connectivity index (χ4n) is 2.19. The number of nitrogens with two attached hydrogens (primary N) is 1. The SMILES string of the molecule is CCN(CC(=O)Nc1ccccc1C(N)=O)c1ccccc1. The maximum Gasteiger partial charge on any atom is 0.250 e. The summed E-state index contributed by atoms with van der Waals surface area (Å²) in [5.74, 6) is -0.759. The fraction of sp³-hybridized carbons (Fsp3) is 0.176. The summed E-state index contributed by atoms with van der Waals surface area (Å²) in [4.78, 5) is 25.5. The fourth-order valence-corrected chi connectivity index (χ4v) is 2.19. The lowest BCUT2D eigenvalue weighted by atomic mass is 10.1. The van der Waals surface area contributed by atoms with E-state index in [1.165, 1.54) is 0 Å². The van der Waals surface area contributed by atoms with Crippen molar-refractivity contribution in [3.63, 3.8) is 0 Å². The van der Waals surface area contributed by atoms with Crippen molar-refractivity contribution in [3.05, 3.63) is 60.2 Å². The van der Waals surface area contributed by atoms with Crippen molar-refractivity contribution in [2.24, 2.45) is 5.73 Å². The normalized spacial score (nSPS) is 10.0. The van der Waals surface area contributed by atoms with E-state index >= 15 is 0 Å². The lowest BCUT2D eigenvalue weighted by Crippen LogP contribution is -2.33. The highest BCUT2D eigenvalue weighted by atomic mass is 16.2. The molecule has 0 saturated carbocycles. The summed E-state index contributed by atoms with van der Waals surface area (Å²) in [5.41, 5.74) is 7.02. The summed E-state index contributed by atoms with van der Waals surface area (Å²) in [6.07, 6.45) is 0. The largest absolute Gasteiger partial charge is 0.366 e. The van der Waals surface area contributed by atoms with E-state index < -0.39 is 5.91 Å². The van der Waals surface area contributed by atoms with Crippen molar-refractivity contribution < 1.29 is 9.59 Å². The van der Waals surface area contributed by atoms with Gasteiger partial charge in [-0.3, -0.25) is 9.59 Å². The Bertz CT molecular complexity index is 656. The van der Waals surface area contributed by atoms with Gasteiger partial charge in [-0.05, 0) is 31.2 Å². The number of carbonyl (C=O) groups excluding carboxylic acids is 2. The average molecular weight is 297 g/mol. The van der Waals surface area contributed by atoms with Crippen LogP contribution in [0, 0.1) is 0 Å². The molecule has 0 aliphatic carbocycles. The predicted octanol–water partition coefficient (Wildman–Crippen LogP) is 2.25. The van der Waals surface area contributed by atoms with Crippen molar-refractivity contribution in [1.82, 2.24) is 0 Å². The maximum absolute atomic E-state index is 12.2. The molecule has 3 N–H and O–H groups in total. The smallest absolute Gasteiger partial charge is 0.250 e. The number of benzene rings is 2. The average Bonchev–Trinajstić information content (AvgIpc) is 2.53. The van der Waals surface area contributed by atoms with Gasteiger partial charge in [0.15, 0.2) is 0 Å². The third-order valence-corrected chi connectivity index (χ3v) is 3.30. The molecule has 22 heavy (non-hydrogen) atoms. The third kappa shape index (κ3) is 3.85. The van der Waals surface area contributed by atoms with Crippen molar-refractivity contribution in [2.75, 3.05) is 23.3 Å². The van der Waals surface area contributed by atoms with Gasteiger partial charge < -0.3 is 16.0 Å². The molecule has 0 unspecified atom stereocenters. The monoisotopic (exact) mass is 297 g/mol. The molecule has 5 nitrogen and oxygen atoms in total. The molecule has 2 amide bonds. The van der Waals surface area contributed by atoms with Crippen LogP contribution in [-0.4, -0.2) is 24.9 Å². The molecule has 0 radical (unpaired) electrons. The van der Waals surface area contributed by atoms with Crippen LogP contribution in [0.5, 0.6) is 0 Å². The Hall–Kier alpha value is -2.82. The molecule has 0 saturated heterocycles. The van der Waals surface area contributed by atoms with E-state index in [0.29, 0.717) is 17.8 Å². The first-order chi connectivity index (χ1) is 10.6. The Kier molecular flexibility index (Phi) is 5.14. The highest BCUT2D eigenvalue weighted by molar-refractivity contribution is 6.03. The summed E-state index contributed by atoms with van der Waals surface area (Å²) in [6.45, 7) is 2.89. The van der Waals surface area contributed by atoms with Crippen LogP contribution in [0.4, 0.5) is 11.4 Å². The van der Waals surface area contributed by atoms with Crippen molar-refractivity contribution in [3.8, 4) is 0 Å². The van der Waals surface area contributed by atoms with Crippen LogP contribution in [0.15, 0.2) is 54.6 Å². The summed E-state index contributed by atoms with van der Waals surface area (Å²) in [7, 11) is 0. The van der Waals surface area contributed by atoms with E-state index in [-0.39, 0.29) is 12.5 Å². The quantitative estimate of drug-likeness (QED) is 0.858. The van der Waals surface area contributed by atoms with E-state index in [1.807, 2.05) is 42.2 Å². The van der Waals surface area contributed by atoms with Gasteiger partial charge in [0.05, 0.1) is 17.8 Å². The lowest BCUT2D eigenvalue weighted by molar-refractivity contribution is -0.115. The number of amides is 2. The molecule has 2 aromatic rings. The molecule has 0 bridgehead atoms. The molecule has 0 atom stereocenters. The number of likely N-dealkylation sites (N-methyl/N-ethyl adjacent to an activating group) is 1. The van der Waals surface area contributed by atoms with Gasteiger partial charge in [-0.15, -0.1) is 0 Å². The zero-order chi connectivity index (χ0) is 15.9. The van der Waals surface area contributed by atoms with Gasteiger partial charge in [0.2, 0.25) is 5.91 Å². The summed E-state index contributed by atoms with van der Waals surface area (Å²) in [6, 6.07) is 16.4. The summed E-state index contributed by atoms with van der Waals surface area (Å²) >= 11 is 0. The Labute approximate surface area is 129 Å². The molecule has 2 aromatic carbocycles. The Balaban J connectivity index is 2.08. The molecule has 0 aliphatic heterocycles. The second-order valence-corrected chi connectivity index (χ2v) is 4.81. The number of hydrogen-bond acceptors (Lipinski definition) is 3. The van der Waals surface area contributed by atoms with Crippen LogP contribution in [0.2, 0.25) is 0 Å². The highest BCUT2D eigenvalue weighted by Gasteiger charge is 2.13. The number of para-hydroxylation sites is 2. The van der Waals surface area contributed by atoms with Crippen molar-refractivity contribution >= 4 is 23.2 Å². The van der Waals surface area contributed by atoms with Gasteiger partial charge in [0, 0.05) is 12.2 Å². The van der Waals surface area contributed by atoms with E-state index in [2.05, 4.69) is 5.32 Å². The van der Waals surface area contributed by atoms with Gasteiger partial charge in [-0.2, -0.15) is 0 Å². The van der Waals surface area contributed by atoms with E-state index in [1.54, 1.807) is 24.3 Å². The zero-order valence-corrected chi connectivity index (χ0v) is 12.5. The highest BCUT2D eigenvalue weighted by Crippen LogP contribution is 2.16. The molecule has 2 rings (SSSR count). The van der Waals surface area contributed by atoms with Gasteiger partial charge >= 0.3 is 0 Å². The molecular formula is C17H19N3O2. The Morgan fingerprint density at radius 3 is 2.32 bits per heavy atom. The number of nitrogens with zero attached hydrogens (tertiary/aromatic N) is 1. The maximum atomic E-state index is 12.2. The molecule has 0 spiro atoms. The number of hydrogen-bond donors (Lipinski definition) is 2. The minimum absolute atomic E-state index is 0.195.